The van der Waals surface area contributed by atoms with Crippen LogP contribution in [-0.4, -0.2) is 36.8 Å². The molecule has 92 valence electrons. The first kappa shape index (κ1) is 11.9. The molecule has 1 saturated carbocycles. The molecule has 2 fully saturated rings. The van der Waals surface area contributed by atoms with Gasteiger partial charge < -0.3 is 15.7 Å². The molecule has 0 bridgehead atoms. The first-order valence-corrected chi connectivity index (χ1v) is 6.27. The first-order valence-electron chi connectivity index (χ1n) is 6.27. The second kappa shape index (κ2) is 4.72. The van der Waals surface area contributed by atoms with Gasteiger partial charge >= 0.3 is 0 Å². The van der Waals surface area contributed by atoms with Gasteiger partial charge in [0.15, 0.2) is 0 Å². The zero-order valence-corrected chi connectivity index (χ0v) is 9.96. The van der Waals surface area contributed by atoms with E-state index in [9.17, 15) is 4.79 Å². The first-order chi connectivity index (χ1) is 7.65. The molecular formula is C12H22N2O2. The molecule has 4 heteroatoms. The number of carbonyl (C=O) groups is 1. The number of hydrogen-bond acceptors (Lipinski definition) is 3. The van der Waals surface area contributed by atoms with Gasteiger partial charge in [-0.15, -0.1) is 0 Å². The SMILES string of the molecule is CC1CCNC(C(=O)NCC2(CO)CC2)C1. The molecule has 0 aromatic rings. The van der Waals surface area contributed by atoms with E-state index >= 15 is 0 Å². The fourth-order valence-corrected chi connectivity index (χ4v) is 2.27. The van der Waals surface area contributed by atoms with Crippen molar-refractivity contribution >= 4 is 5.91 Å². The van der Waals surface area contributed by atoms with Crippen molar-refractivity contribution in [1.29, 1.82) is 0 Å². The Labute approximate surface area is 96.8 Å². The average Bonchev–Trinajstić information content (AvgIpc) is 3.07. The molecule has 0 aromatic heterocycles. The molecule has 16 heavy (non-hydrogen) atoms. The Kier molecular flexibility index (Phi) is 3.50. The van der Waals surface area contributed by atoms with E-state index in [1.165, 1.54) is 0 Å². The van der Waals surface area contributed by atoms with Crippen molar-refractivity contribution < 1.29 is 9.90 Å². The van der Waals surface area contributed by atoms with Crippen molar-refractivity contribution in [3.63, 3.8) is 0 Å². The van der Waals surface area contributed by atoms with Crippen LogP contribution in [0.2, 0.25) is 0 Å². The minimum absolute atomic E-state index is 0.00986. The number of hydrogen-bond donors (Lipinski definition) is 3. The molecule has 1 aliphatic heterocycles. The molecule has 0 spiro atoms. The summed E-state index contributed by atoms with van der Waals surface area (Å²) in [5, 5.41) is 15.4. The third kappa shape index (κ3) is 2.74. The highest BCUT2D eigenvalue weighted by Gasteiger charge is 2.42. The highest BCUT2D eigenvalue weighted by atomic mass is 16.3. The Balaban J connectivity index is 1.75. The second-order valence-corrected chi connectivity index (χ2v) is 5.51. The number of amides is 1. The normalized spacial score (nSPS) is 32.1. The molecule has 0 radical (unpaired) electrons. The van der Waals surface area contributed by atoms with E-state index in [4.69, 9.17) is 5.11 Å². The van der Waals surface area contributed by atoms with E-state index < -0.39 is 0 Å². The predicted molar refractivity (Wildman–Crippen MR) is 62.0 cm³/mol. The van der Waals surface area contributed by atoms with Gasteiger partial charge in [0.05, 0.1) is 12.6 Å². The molecule has 2 aliphatic rings. The van der Waals surface area contributed by atoms with Crippen LogP contribution in [-0.2, 0) is 4.79 Å². The van der Waals surface area contributed by atoms with E-state index in [0.29, 0.717) is 12.5 Å². The van der Waals surface area contributed by atoms with Crippen molar-refractivity contribution in [3.8, 4) is 0 Å². The van der Waals surface area contributed by atoms with E-state index in [0.717, 1.165) is 32.2 Å². The third-order valence-corrected chi connectivity index (χ3v) is 3.91. The van der Waals surface area contributed by atoms with Gasteiger partial charge in [-0.25, -0.2) is 0 Å². The Bertz CT molecular complexity index is 264. The van der Waals surface area contributed by atoms with Crippen LogP contribution in [0.3, 0.4) is 0 Å². The van der Waals surface area contributed by atoms with E-state index in [1.807, 2.05) is 0 Å². The minimum atomic E-state index is -0.0294. The number of rotatable bonds is 4. The van der Waals surface area contributed by atoms with Gasteiger partial charge in [0.25, 0.3) is 0 Å². The largest absolute Gasteiger partial charge is 0.396 e. The van der Waals surface area contributed by atoms with Crippen molar-refractivity contribution in [1.82, 2.24) is 10.6 Å². The number of aliphatic hydroxyl groups is 1. The molecule has 2 atom stereocenters. The lowest BCUT2D eigenvalue weighted by Gasteiger charge is -2.27. The minimum Gasteiger partial charge on any atom is -0.396 e. The Morgan fingerprint density at radius 2 is 2.31 bits per heavy atom. The van der Waals surface area contributed by atoms with Crippen LogP contribution in [0.4, 0.5) is 0 Å². The summed E-state index contributed by atoms with van der Waals surface area (Å²) in [5.41, 5.74) is 0.00986. The van der Waals surface area contributed by atoms with Crippen molar-refractivity contribution in [2.75, 3.05) is 19.7 Å². The summed E-state index contributed by atoms with van der Waals surface area (Å²) in [4.78, 5) is 11.9. The van der Waals surface area contributed by atoms with E-state index in [2.05, 4.69) is 17.6 Å². The lowest BCUT2D eigenvalue weighted by atomic mass is 9.94. The standard InChI is InChI=1S/C12H22N2O2/c1-9-2-5-13-10(6-9)11(16)14-7-12(8-15)3-4-12/h9-10,13,15H,2-8H2,1H3,(H,14,16). The van der Waals surface area contributed by atoms with Crippen molar-refractivity contribution in [2.45, 2.75) is 38.6 Å². The Hall–Kier alpha value is -0.610. The summed E-state index contributed by atoms with van der Waals surface area (Å²) < 4.78 is 0. The molecule has 1 saturated heterocycles. The number of carbonyl (C=O) groups excluding carboxylic acids is 1. The Morgan fingerprint density at radius 1 is 1.56 bits per heavy atom. The zero-order valence-electron chi connectivity index (χ0n) is 9.96. The van der Waals surface area contributed by atoms with Gasteiger partial charge in [-0.1, -0.05) is 6.92 Å². The van der Waals surface area contributed by atoms with Gasteiger partial charge in [0.1, 0.15) is 0 Å². The number of nitrogens with one attached hydrogen (secondary N) is 2. The molecular weight excluding hydrogens is 204 g/mol. The van der Waals surface area contributed by atoms with Gasteiger partial charge in [0, 0.05) is 12.0 Å². The average molecular weight is 226 g/mol. The van der Waals surface area contributed by atoms with Crippen LogP contribution in [0, 0.1) is 11.3 Å². The zero-order chi connectivity index (χ0) is 11.6. The van der Waals surface area contributed by atoms with Crippen molar-refractivity contribution in [2.24, 2.45) is 11.3 Å². The molecule has 4 nitrogen and oxygen atoms in total. The van der Waals surface area contributed by atoms with Crippen LogP contribution in [0.1, 0.15) is 32.6 Å². The van der Waals surface area contributed by atoms with Gasteiger partial charge in [0.2, 0.25) is 5.91 Å². The molecule has 2 unspecified atom stereocenters. The van der Waals surface area contributed by atoms with Crippen LogP contribution < -0.4 is 10.6 Å². The second-order valence-electron chi connectivity index (χ2n) is 5.51. The maximum Gasteiger partial charge on any atom is 0.237 e. The number of piperidine rings is 1. The Morgan fingerprint density at radius 3 is 2.88 bits per heavy atom. The molecule has 3 N–H and O–H groups in total. The van der Waals surface area contributed by atoms with E-state index in [1.54, 1.807) is 0 Å². The van der Waals surface area contributed by atoms with Crippen LogP contribution in [0.5, 0.6) is 0 Å². The lowest BCUT2D eigenvalue weighted by molar-refractivity contribution is -0.124. The maximum absolute atomic E-state index is 11.9. The van der Waals surface area contributed by atoms with Gasteiger partial charge in [-0.3, -0.25) is 4.79 Å². The monoisotopic (exact) mass is 226 g/mol. The summed E-state index contributed by atoms with van der Waals surface area (Å²) in [6.45, 7) is 3.96. The predicted octanol–water partition coefficient (Wildman–Crippen LogP) is 0.263. The van der Waals surface area contributed by atoms with E-state index in [-0.39, 0.29) is 24.0 Å². The molecule has 1 aliphatic carbocycles. The molecule has 0 aromatic carbocycles. The smallest absolute Gasteiger partial charge is 0.237 e. The van der Waals surface area contributed by atoms with Crippen LogP contribution in [0.25, 0.3) is 0 Å². The van der Waals surface area contributed by atoms with Gasteiger partial charge in [-0.05, 0) is 38.1 Å². The summed E-state index contributed by atoms with van der Waals surface area (Å²) >= 11 is 0. The maximum atomic E-state index is 11.9. The fraction of sp³-hybridized carbons (Fsp3) is 0.917. The number of aliphatic hydroxyl groups excluding tert-OH is 1. The van der Waals surface area contributed by atoms with Crippen molar-refractivity contribution in [3.05, 3.63) is 0 Å². The summed E-state index contributed by atoms with van der Waals surface area (Å²) in [6.07, 6.45) is 4.17. The quantitative estimate of drug-likeness (QED) is 0.644. The molecule has 2 rings (SSSR count). The topological polar surface area (TPSA) is 61.4 Å². The molecule has 1 heterocycles. The lowest BCUT2D eigenvalue weighted by Crippen LogP contribution is -2.49. The van der Waals surface area contributed by atoms with Crippen LogP contribution in [0.15, 0.2) is 0 Å². The summed E-state index contributed by atoms with van der Waals surface area (Å²) in [5.74, 6) is 0.732. The fourth-order valence-electron chi connectivity index (χ4n) is 2.27. The van der Waals surface area contributed by atoms with Gasteiger partial charge in [-0.2, -0.15) is 0 Å². The van der Waals surface area contributed by atoms with Crippen LogP contribution >= 0.6 is 0 Å². The molecule has 1 amide bonds. The third-order valence-electron chi connectivity index (χ3n) is 3.91. The summed E-state index contributed by atoms with van der Waals surface area (Å²) in [6, 6.07) is -0.0294. The highest BCUT2D eigenvalue weighted by molar-refractivity contribution is 5.81. The summed E-state index contributed by atoms with van der Waals surface area (Å²) in [7, 11) is 0. The highest BCUT2D eigenvalue weighted by Crippen LogP contribution is 2.44.